The molecule has 178 valence electrons. The van der Waals surface area contributed by atoms with Crippen molar-refractivity contribution >= 4 is 52.5 Å². The SMILES string of the molecule is COC(=O)[C@@H](C)N1C(=O)S/C(=C/c2cc(Cl)c(OCc3cccc(C(=O)O)c3)c(OC)c2)C1=O. The summed E-state index contributed by atoms with van der Waals surface area (Å²) < 4.78 is 15.8. The predicted octanol–water partition coefficient (Wildman–Crippen LogP) is 4.22. The predicted molar refractivity (Wildman–Crippen MR) is 125 cm³/mol. The van der Waals surface area contributed by atoms with E-state index in [2.05, 4.69) is 4.74 Å². The van der Waals surface area contributed by atoms with E-state index in [9.17, 15) is 19.2 Å². The number of methoxy groups -OCH3 is 2. The van der Waals surface area contributed by atoms with Gasteiger partial charge in [-0.2, -0.15) is 0 Å². The van der Waals surface area contributed by atoms with E-state index in [4.69, 9.17) is 26.2 Å². The second-order valence-corrected chi connectivity index (χ2v) is 8.48. The summed E-state index contributed by atoms with van der Waals surface area (Å²) in [5.41, 5.74) is 1.22. The van der Waals surface area contributed by atoms with Crippen LogP contribution in [0.25, 0.3) is 6.08 Å². The standard InChI is InChI=1S/C23H20ClNO8S/c1-12(22(29)32-3)25-20(26)18(34-23(25)30)10-14-8-16(24)19(17(9-14)31-2)33-11-13-5-4-6-15(7-13)21(27)28/h4-10,12H,11H2,1-3H3,(H,27,28)/b18-10+/t12-/m1/s1. The highest BCUT2D eigenvalue weighted by Gasteiger charge is 2.41. The number of carboxylic acid groups (broad SMARTS) is 1. The molecule has 1 saturated heterocycles. The average Bonchev–Trinajstić information content (AvgIpc) is 3.09. The second kappa shape index (κ2) is 10.6. The Morgan fingerprint density at radius 2 is 1.94 bits per heavy atom. The van der Waals surface area contributed by atoms with Crippen molar-refractivity contribution < 1.29 is 38.5 Å². The number of rotatable bonds is 8. The maximum Gasteiger partial charge on any atom is 0.335 e. The van der Waals surface area contributed by atoms with E-state index in [0.717, 1.165) is 4.90 Å². The van der Waals surface area contributed by atoms with Crippen LogP contribution in [0.3, 0.4) is 0 Å². The number of carbonyl (C=O) groups is 4. The molecule has 2 aromatic carbocycles. The van der Waals surface area contributed by atoms with E-state index in [1.807, 2.05) is 0 Å². The van der Waals surface area contributed by atoms with Crippen molar-refractivity contribution in [1.29, 1.82) is 0 Å². The van der Waals surface area contributed by atoms with E-state index in [-0.39, 0.29) is 33.6 Å². The zero-order valence-corrected chi connectivity index (χ0v) is 19.9. The van der Waals surface area contributed by atoms with E-state index < -0.39 is 29.1 Å². The van der Waals surface area contributed by atoms with Crippen molar-refractivity contribution in [2.45, 2.75) is 19.6 Å². The van der Waals surface area contributed by atoms with Crippen LogP contribution in [0.15, 0.2) is 41.3 Å². The zero-order chi connectivity index (χ0) is 25.0. The summed E-state index contributed by atoms with van der Waals surface area (Å²) in [7, 11) is 2.59. The third kappa shape index (κ3) is 5.35. The summed E-state index contributed by atoms with van der Waals surface area (Å²) in [6.45, 7) is 1.45. The van der Waals surface area contributed by atoms with Crippen LogP contribution in [-0.2, 0) is 20.9 Å². The molecule has 1 aliphatic rings. The first-order valence-electron chi connectivity index (χ1n) is 9.83. The molecular weight excluding hydrogens is 486 g/mol. The van der Waals surface area contributed by atoms with Crippen LogP contribution in [0.1, 0.15) is 28.4 Å². The van der Waals surface area contributed by atoms with Gasteiger partial charge < -0.3 is 19.3 Å². The number of imide groups is 1. The minimum atomic E-state index is -1.06. The smallest absolute Gasteiger partial charge is 0.335 e. The van der Waals surface area contributed by atoms with Gasteiger partial charge >= 0.3 is 11.9 Å². The number of carbonyl (C=O) groups excluding carboxylic acids is 3. The second-order valence-electron chi connectivity index (χ2n) is 7.08. The van der Waals surface area contributed by atoms with Crippen LogP contribution < -0.4 is 9.47 Å². The fourth-order valence-electron chi connectivity index (χ4n) is 3.15. The molecule has 0 unspecified atom stereocenters. The van der Waals surface area contributed by atoms with Gasteiger partial charge in [0.1, 0.15) is 12.6 Å². The van der Waals surface area contributed by atoms with Crippen molar-refractivity contribution in [3.63, 3.8) is 0 Å². The molecule has 34 heavy (non-hydrogen) atoms. The molecule has 0 spiro atoms. The van der Waals surface area contributed by atoms with Crippen molar-refractivity contribution in [1.82, 2.24) is 4.90 Å². The number of aromatic carboxylic acids is 1. The molecule has 0 aromatic heterocycles. The number of amides is 2. The fraction of sp³-hybridized carbons (Fsp3) is 0.217. The molecule has 0 bridgehead atoms. The van der Waals surface area contributed by atoms with Crippen LogP contribution in [0, 0.1) is 0 Å². The Bertz CT molecular complexity index is 1200. The summed E-state index contributed by atoms with van der Waals surface area (Å²) in [6, 6.07) is 8.34. The lowest BCUT2D eigenvalue weighted by Crippen LogP contribution is -2.42. The molecular formula is C23H20ClNO8S. The highest BCUT2D eigenvalue weighted by Crippen LogP contribution is 2.39. The lowest BCUT2D eigenvalue weighted by molar-refractivity contribution is -0.148. The van der Waals surface area contributed by atoms with Gasteiger partial charge in [-0.3, -0.25) is 14.5 Å². The van der Waals surface area contributed by atoms with Gasteiger partial charge in [-0.1, -0.05) is 23.7 Å². The van der Waals surface area contributed by atoms with E-state index in [1.165, 1.54) is 45.4 Å². The van der Waals surface area contributed by atoms with Crippen LogP contribution in [0.4, 0.5) is 4.79 Å². The Morgan fingerprint density at radius 3 is 2.59 bits per heavy atom. The summed E-state index contributed by atoms with van der Waals surface area (Å²) in [6.07, 6.45) is 1.46. The summed E-state index contributed by atoms with van der Waals surface area (Å²) in [5.74, 6) is -1.87. The van der Waals surface area contributed by atoms with E-state index in [1.54, 1.807) is 18.2 Å². The Labute approximate surface area is 204 Å². The first-order chi connectivity index (χ1) is 16.2. The molecule has 0 saturated carbocycles. The quantitative estimate of drug-likeness (QED) is 0.415. The van der Waals surface area contributed by atoms with Gasteiger partial charge in [0.2, 0.25) is 0 Å². The molecule has 0 aliphatic carbocycles. The summed E-state index contributed by atoms with van der Waals surface area (Å²) in [5, 5.41) is 8.73. The summed E-state index contributed by atoms with van der Waals surface area (Å²) >= 11 is 7.09. The Balaban J connectivity index is 1.83. The third-order valence-electron chi connectivity index (χ3n) is 4.86. The zero-order valence-electron chi connectivity index (χ0n) is 18.4. The number of benzene rings is 2. The van der Waals surface area contributed by atoms with E-state index >= 15 is 0 Å². The van der Waals surface area contributed by atoms with Gasteiger partial charge in [-0.05, 0) is 60.2 Å². The van der Waals surface area contributed by atoms with Gasteiger partial charge in [0.15, 0.2) is 11.5 Å². The highest BCUT2D eigenvalue weighted by atomic mass is 35.5. The monoisotopic (exact) mass is 505 g/mol. The van der Waals surface area contributed by atoms with Crippen molar-refractivity contribution in [2.75, 3.05) is 14.2 Å². The molecule has 1 aliphatic heterocycles. The van der Waals surface area contributed by atoms with E-state index in [0.29, 0.717) is 22.9 Å². The molecule has 1 N–H and O–H groups in total. The molecule has 2 aromatic rings. The number of hydrogen-bond donors (Lipinski definition) is 1. The first-order valence-corrected chi connectivity index (χ1v) is 11.0. The van der Waals surface area contributed by atoms with Gasteiger partial charge in [-0.25, -0.2) is 9.59 Å². The number of halogens is 1. The number of esters is 1. The third-order valence-corrected chi connectivity index (χ3v) is 6.02. The fourth-order valence-corrected chi connectivity index (χ4v) is 4.34. The van der Waals surface area contributed by atoms with Gasteiger partial charge in [-0.15, -0.1) is 0 Å². The molecule has 9 nitrogen and oxygen atoms in total. The largest absolute Gasteiger partial charge is 0.493 e. The Hall–Kier alpha value is -3.50. The molecule has 0 radical (unpaired) electrons. The topological polar surface area (TPSA) is 119 Å². The molecule has 1 fully saturated rings. The number of hydrogen-bond acceptors (Lipinski definition) is 8. The van der Waals surface area contributed by atoms with Gasteiger partial charge in [0.25, 0.3) is 11.1 Å². The number of ether oxygens (including phenoxy) is 3. The first kappa shape index (κ1) is 25.1. The average molecular weight is 506 g/mol. The van der Waals surface area contributed by atoms with Gasteiger partial charge in [0.05, 0.1) is 29.7 Å². The lowest BCUT2D eigenvalue weighted by Gasteiger charge is -2.18. The minimum Gasteiger partial charge on any atom is -0.493 e. The number of thioether (sulfide) groups is 1. The Kier molecular flexibility index (Phi) is 7.85. The molecule has 1 atom stereocenters. The highest BCUT2D eigenvalue weighted by molar-refractivity contribution is 8.18. The van der Waals surface area contributed by atoms with Crippen LogP contribution in [-0.4, -0.2) is 53.4 Å². The molecule has 3 rings (SSSR count). The van der Waals surface area contributed by atoms with Crippen molar-refractivity contribution in [3.05, 3.63) is 63.0 Å². The number of nitrogens with zero attached hydrogens (tertiary/aromatic N) is 1. The normalized spacial score (nSPS) is 15.4. The van der Waals surface area contributed by atoms with Crippen molar-refractivity contribution in [3.8, 4) is 11.5 Å². The number of carboxylic acids is 1. The lowest BCUT2D eigenvalue weighted by atomic mass is 10.1. The van der Waals surface area contributed by atoms with Gasteiger partial charge in [0, 0.05) is 0 Å². The van der Waals surface area contributed by atoms with Crippen molar-refractivity contribution in [2.24, 2.45) is 0 Å². The maximum absolute atomic E-state index is 12.7. The summed E-state index contributed by atoms with van der Waals surface area (Å²) in [4.78, 5) is 48.9. The molecule has 1 heterocycles. The van der Waals surface area contributed by atoms with Crippen LogP contribution in [0.5, 0.6) is 11.5 Å². The van der Waals surface area contributed by atoms with Crippen LogP contribution >= 0.6 is 23.4 Å². The molecule has 11 heteroatoms. The minimum absolute atomic E-state index is 0.0425. The Morgan fingerprint density at radius 1 is 1.21 bits per heavy atom. The molecule has 2 amide bonds. The van der Waals surface area contributed by atoms with Crippen LogP contribution in [0.2, 0.25) is 5.02 Å². The maximum atomic E-state index is 12.7.